The third-order valence-corrected chi connectivity index (χ3v) is 5.66. The van der Waals surface area contributed by atoms with Gasteiger partial charge in [0, 0.05) is 27.1 Å². The van der Waals surface area contributed by atoms with Gasteiger partial charge >= 0.3 is 0 Å². The molecule has 0 bridgehead atoms. The third-order valence-electron chi connectivity index (χ3n) is 4.77. The standard InChI is InChI=1S/C23H21BrN4O/c1-15-11-20(9-10-22(15)24)28-16(2)12-19(17(28)3)14-26-27-23(29)21(13-25)18-7-5-4-6-8-18/h4-12,14,21H,1-3H3,(H,27,29)/b26-14-/t21-/m1/s1. The second-order valence-corrected chi connectivity index (χ2v) is 7.66. The SMILES string of the molecule is Cc1cc(-n2c(C)cc(/C=N\NC(=O)[C@H](C#N)c3ccccc3)c2C)ccc1Br. The maximum absolute atomic E-state index is 12.4. The van der Waals surface area contributed by atoms with Gasteiger partial charge in [-0.05, 0) is 56.2 Å². The van der Waals surface area contributed by atoms with E-state index in [0.717, 1.165) is 32.7 Å². The smallest absolute Gasteiger partial charge is 0.261 e. The summed E-state index contributed by atoms with van der Waals surface area (Å²) in [6.07, 6.45) is 1.61. The van der Waals surface area contributed by atoms with Crippen molar-refractivity contribution in [3.8, 4) is 11.8 Å². The van der Waals surface area contributed by atoms with Crippen LogP contribution in [0.2, 0.25) is 0 Å². The van der Waals surface area contributed by atoms with Gasteiger partial charge in [-0.1, -0.05) is 46.3 Å². The van der Waals surface area contributed by atoms with Crippen molar-refractivity contribution in [3.05, 3.63) is 87.1 Å². The summed E-state index contributed by atoms with van der Waals surface area (Å²) in [6, 6.07) is 19.2. The molecule has 0 radical (unpaired) electrons. The predicted molar refractivity (Wildman–Crippen MR) is 118 cm³/mol. The Morgan fingerprint density at radius 1 is 1.17 bits per heavy atom. The Balaban J connectivity index is 1.79. The molecular weight excluding hydrogens is 428 g/mol. The van der Waals surface area contributed by atoms with E-state index in [9.17, 15) is 10.1 Å². The summed E-state index contributed by atoms with van der Waals surface area (Å²) in [4.78, 5) is 12.4. The molecule has 5 nitrogen and oxygen atoms in total. The summed E-state index contributed by atoms with van der Waals surface area (Å²) >= 11 is 3.53. The molecule has 1 N–H and O–H groups in total. The lowest BCUT2D eigenvalue weighted by molar-refractivity contribution is -0.121. The number of benzene rings is 2. The Kier molecular flexibility index (Phi) is 6.30. The van der Waals surface area contributed by atoms with E-state index >= 15 is 0 Å². The molecule has 0 unspecified atom stereocenters. The Hall–Kier alpha value is -3.17. The highest BCUT2D eigenvalue weighted by Gasteiger charge is 2.19. The molecule has 0 aliphatic heterocycles. The Morgan fingerprint density at radius 3 is 2.55 bits per heavy atom. The highest BCUT2D eigenvalue weighted by atomic mass is 79.9. The number of halogens is 1. The van der Waals surface area contributed by atoms with E-state index in [2.05, 4.69) is 50.1 Å². The number of nitrogens with one attached hydrogen (secondary N) is 1. The van der Waals surface area contributed by atoms with Crippen LogP contribution in [0.1, 0.15) is 34.0 Å². The number of amides is 1. The second-order valence-electron chi connectivity index (χ2n) is 6.80. The first-order chi connectivity index (χ1) is 13.9. The number of aromatic nitrogens is 1. The van der Waals surface area contributed by atoms with Gasteiger partial charge in [0.25, 0.3) is 5.91 Å². The van der Waals surface area contributed by atoms with Crippen LogP contribution in [0.15, 0.2) is 64.2 Å². The first-order valence-corrected chi connectivity index (χ1v) is 9.94. The molecule has 0 aliphatic carbocycles. The molecule has 0 saturated carbocycles. The summed E-state index contributed by atoms with van der Waals surface area (Å²) < 4.78 is 3.21. The average molecular weight is 449 g/mol. The summed E-state index contributed by atoms with van der Waals surface area (Å²) in [6.45, 7) is 6.09. The molecular formula is C23H21BrN4O. The van der Waals surface area contributed by atoms with Crippen LogP contribution in [0, 0.1) is 32.1 Å². The second kappa shape index (κ2) is 8.89. The molecule has 146 valence electrons. The van der Waals surface area contributed by atoms with Gasteiger partial charge in [0.05, 0.1) is 12.3 Å². The van der Waals surface area contributed by atoms with Gasteiger partial charge in [0.1, 0.15) is 0 Å². The zero-order chi connectivity index (χ0) is 21.0. The van der Waals surface area contributed by atoms with Crippen molar-refractivity contribution in [1.29, 1.82) is 5.26 Å². The number of carbonyl (C=O) groups is 1. The van der Waals surface area contributed by atoms with Gasteiger partial charge in [0.2, 0.25) is 0 Å². The minimum absolute atomic E-state index is 0.452. The van der Waals surface area contributed by atoms with E-state index in [1.54, 1.807) is 30.5 Å². The maximum atomic E-state index is 12.4. The van der Waals surface area contributed by atoms with Crippen molar-refractivity contribution in [3.63, 3.8) is 0 Å². The summed E-state index contributed by atoms with van der Waals surface area (Å²) in [5.74, 6) is -1.35. The summed E-state index contributed by atoms with van der Waals surface area (Å²) in [5, 5.41) is 13.4. The lowest BCUT2D eigenvalue weighted by Gasteiger charge is -2.11. The van der Waals surface area contributed by atoms with E-state index in [4.69, 9.17) is 0 Å². The fourth-order valence-electron chi connectivity index (χ4n) is 3.24. The minimum atomic E-state index is -0.897. The first kappa shape index (κ1) is 20.6. The van der Waals surface area contributed by atoms with Crippen molar-refractivity contribution in [2.24, 2.45) is 5.10 Å². The predicted octanol–water partition coefficient (Wildman–Crippen LogP) is 4.92. The molecule has 0 saturated heterocycles. The normalized spacial score (nSPS) is 12.0. The number of nitriles is 1. The fourth-order valence-corrected chi connectivity index (χ4v) is 3.49. The van der Waals surface area contributed by atoms with E-state index in [1.807, 2.05) is 38.1 Å². The minimum Gasteiger partial charge on any atom is -0.318 e. The van der Waals surface area contributed by atoms with Crippen LogP contribution in [-0.4, -0.2) is 16.7 Å². The highest BCUT2D eigenvalue weighted by molar-refractivity contribution is 9.10. The van der Waals surface area contributed by atoms with Crippen molar-refractivity contribution in [2.75, 3.05) is 0 Å². The van der Waals surface area contributed by atoms with Crippen LogP contribution in [0.4, 0.5) is 0 Å². The Morgan fingerprint density at radius 2 is 1.90 bits per heavy atom. The zero-order valence-corrected chi connectivity index (χ0v) is 18.1. The number of rotatable bonds is 5. The third kappa shape index (κ3) is 4.47. The van der Waals surface area contributed by atoms with Crippen LogP contribution in [0.5, 0.6) is 0 Å². The molecule has 1 aromatic heterocycles. The number of aryl methyl sites for hydroxylation is 2. The Bertz CT molecular complexity index is 1110. The molecule has 6 heteroatoms. The molecule has 3 rings (SSSR count). The summed E-state index contributed by atoms with van der Waals surface area (Å²) in [7, 11) is 0. The van der Waals surface area contributed by atoms with Gasteiger partial charge in [-0.2, -0.15) is 10.4 Å². The number of nitrogens with zero attached hydrogens (tertiary/aromatic N) is 3. The molecule has 3 aromatic rings. The van der Waals surface area contributed by atoms with Crippen LogP contribution < -0.4 is 5.43 Å². The van der Waals surface area contributed by atoms with Crippen molar-refractivity contribution < 1.29 is 4.79 Å². The van der Waals surface area contributed by atoms with Crippen LogP contribution in [0.3, 0.4) is 0 Å². The molecule has 0 aliphatic rings. The van der Waals surface area contributed by atoms with Gasteiger partial charge < -0.3 is 4.57 Å². The molecule has 2 aromatic carbocycles. The van der Waals surface area contributed by atoms with Gasteiger partial charge in [-0.15, -0.1) is 0 Å². The van der Waals surface area contributed by atoms with Crippen molar-refractivity contribution in [1.82, 2.24) is 9.99 Å². The Labute approximate surface area is 178 Å². The quantitative estimate of drug-likeness (QED) is 0.444. The molecule has 0 spiro atoms. The largest absolute Gasteiger partial charge is 0.318 e. The van der Waals surface area contributed by atoms with E-state index < -0.39 is 11.8 Å². The highest BCUT2D eigenvalue weighted by Crippen LogP contribution is 2.24. The zero-order valence-electron chi connectivity index (χ0n) is 16.5. The maximum Gasteiger partial charge on any atom is 0.261 e. The number of hydrogen-bond acceptors (Lipinski definition) is 3. The van der Waals surface area contributed by atoms with Crippen molar-refractivity contribution in [2.45, 2.75) is 26.7 Å². The molecule has 1 amide bonds. The molecule has 1 atom stereocenters. The lowest BCUT2D eigenvalue weighted by Crippen LogP contribution is -2.24. The van der Waals surface area contributed by atoms with Gasteiger partial charge in [0.15, 0.2) is 5.92 Å². The molecule has 0 fully saturated rings. The van der Waals surface area contributed by atoms with E-state index in [0.29, 0.717) is 5.56 Å². The van der Waals surface area contributed by atoms with E-state index in [1.165, 1.54) is 0 Å². The topological polar surface area (TPSA) is 70.2 Å². The monoisotopic (exact) mass is 448 g/mol. The van der Waals surface area contributed by atoms with Crippen LogP contribution in [0.25, 0.3) is 5.69 Å². The van der Waals surface area contributed by atoms with Crippen LogP contribution >= 0.6 is 15.9 Å². The number of hydrazone groups is 1. The number of carbonyl (C=O) groups excluding carboxylic acids is 1. The first-order valence-electron chi connectivity index (χ1n) is 9.15. The van der Waals surface area contributed by atoms with Crippen molar-refractivity contribution >= 4 is 28.1 Å². The lowest BCUT2D eigenvalue weighted by atomic mass is 10.0. The fraction of sp³-hybridized carbons (Fsp3) is 0.174. The average Bonchev–Trinajstić information content (AvgIpc) is 2.99. The number of hydrogen-bond donors (Lipinski definition) is 1. The molecule has 1 heterocycles. The summed E-state index contributed by atoms with van der Waals surface area (Å²) in [5.41, 5.74) is 8.33. The van der Waals surface area contributed by atoms with Crippen LogP contribution in [-0.2, 0) is 4.79 Å². The van der Waals surface area contributed by atoms with E-state index in [-0.39, 0.29) is 0 Å². The van der Waals surface area contributed by atoms with Gasteiger partial charge in [-0.3, -0.25) is 4.79 Å². The molecule has 29 heavy (non-hydrogen) atoms. The van der Waals surface area contributed by atoms with Gasteiger partial charge in [-0.25, -0.2) is 5.43 Å².